The van der Waals surface area contributed by atoms with Crippen LogP contribution in [-0.4, -0.2) is 47.3 Å². The Balaban J connectivity index is 1.77. The van der Waals surface area contributed by atoms with Crippen molar-refractivity contribution in [2.45, 2.75) is 43.7 Å². The molecule has 0 bridgehead atoms. The van der Waals surface area contributed by atoms with E-state index in [0.717, 1.165) is 4.90 Å². The van der Waals surface area contributed by atoms with Crippen molar-refractivity contribution in [1.29, 1.82) is 0 Å². The highest BCUT2D eigenvalue weighted by Gasteiger charge is 2.23. The first-order valence-corrected chi connectivity index (χ1v) is 14.2. The zero-order chi connectivity index (χ0) is 29.4. The van der Waals surface area contributed by atoms with Gasteiger partial charge < -0.3 is 25.8 Å². The summed E-state index contributed by atoms with van der Waals surface area (Å²) in [6.45, 7) is 5.35. The van der Waals surface area contributed by atoms with E-state index in [4.69, 9.17) is 38.4 Å². The molecule has 0 aliphatic heterocycles. The normalized spacial score (nSPS) is 11.9. The summed E-state index contributed by atoms with van der Waals surface area (Å²) in [5, 5.41) is 6.15. The van der Waals surface area contributed by atoms with Crippen molar-refractivity contribution < 1.29 is 23.9 Å². The van der Waals surface area contributed by atoms with E-state index in [0.29, 0.717) is 15.8 Å². The Labute approximate surface area is 247 Å². The van der Waals surface area contributed by atoms with Crippen LogP contribution in [0.3, 0.4) is 0 Å². The Morgan fingerprint density at radius 1 is 0.975 bits per heavy atom. The summed E-state index contributed by atoms with van der Waals surface area (Å²) in [4.78, 5) is 43.5. The molecule has 0 fully saturated rings. The molecule has 3 aromatic rings. The molecule has 0 aliphatic carbocycles. The van der Waals surface area contributed by atoms with E-state index in [1.165, 1.54) is 30.1 Å². The fourth-order valence-corrected chi connectivity index (χ4v) is 4.08. The minimum atomic E-state index is -0.884. The first-order chi connectivity index (χ1) is 18.9. The molecule has 9 nitrogen and oxygen atoms in total. The lowest BCUT2D eigenvalue weighted by atomic mass is 10.1. The van der Waals surface area contributed by atoms with Crippen molar-refractivity contribution >= 4 is 64.3 Å². The summed E-state index contributed by atoms with van der Waals surface area (Å²) in [5.74, 6) is -1.00. The van der Waals surface area contributed by atoms with E-state index in [-0.39, 0.29) is 35.7 Å². The van der Waals surface area contributed by atoms with Crippen LogP contribution < -0.4 is 21.1 Å². The van der Waals surface area contributed by atoms with Gasteiger partial charge in [0.2, 0.25) is 0 Å². The molecule has 3 rings (SSSR count). The molecule has 12 heteroatoms. The van der Waals surface area contributed by atoms with E-state index in [1.54, 1.807) is 57.2 Å². The number of carbonyl (C=O) groups is 3. The van der Waals surface area contributed by atoms with Crippen molar-refractivity contribution in [2.24, 2.45) is 5.73 Å². The number of nitrogens with zero attached hydrogens (tertiary/aromatic N) is 1. The zero-order valence-corrected chi connectivity index (χ0v) is 24.7. The molecule has 1 aromatic heterocycles. The smallest absolute Gasteiger partial charge is 0.323 e. The molecule has 0 saturated heterocycles. The molecule has 0 radical (unpaired) electrons. The maximum atomic E-state index is 13.4. The van der Waals surface area contributed by atoms with Gasteiger partial charge in [0.1, 0.15) is 23.2 Å². The number of ether oxygens (including phenoxy) is 2. The minimum absolute atomic E-state index is 0.0707. The second-order valence-corrected chi connectivity index (χ2v) is 11.4. The Hall–Kier alpha value is -3.31. The third kappa shape index (κ3) is 9.12. The number of aromatic nitrogens is 1. The highest BCUT2D eigenvalue weighted by molar-refractivity contribution is 7.98. The van der Waals surface area contributed by atoms with E-state index < -0.39 is 29.4 Å². The number of amides is 2. The fourth-order valence-electron chi connectivity index (χ4n) is 3.36. The molecular formula is C28H30Cl2N4O5S. The number of nitrogens with one attached hydrogen (secondary N) is 2. The van der Waals surface area contributed by atoms with Crippen LogP contribution in [0.1, 0.15) is 47.9 Å². The van der Waals surface area contributed by atoms with Crippen LogP contribution in [0.15, 0.2) is 59.6 Å². The van der Waals surface area contributed by atoms with Crippen LogP contribution in [0.5, 0.6) is 5.75 Å². The molecule has 1 heterocycles. The van der Waals surface area contributed by atoms with E-state index in [9.17, 15) is 14.4 Å². The number of halogens is 2. The highest BCUT2D eigenvalue weighted by atomic mass is 35.5. The molecule has 0 aliphatic rings. The second-order valence-electron chi connectivity index (χ2n) is 9.60. The zero-order valence-electron chi connectivity index (χ0n) is 22.4. The van der Waals surface area contributed by atoms with Crippen molar-refractivity contribution in [3.8, 4) is 5.75 Å². The second kappa shape index (κ2) is 13.8. The number of thioether (sulfide) groups is 1. The van der Waals surface area contributed by atoms with E-state index >= 15 is 0 Å². The molecule has 2 amide bonds. The number of anilines is 2. The molecule has 40 heavy (non-hydrogen) atoms. The first-order valence-electron chi connectivity index (χ1n) is 12.2. The van der Waals surface area contributed by atoms with Gasteiger partial charge in [-0.25, -0.2) is 4.98 Å². The predicted octanol–water partition coefficient (Wildman–Crippen LogP) is 6.05. The number of hydrogen-bond acceptors (Lipinski definition) is 8. The molecule has 1 unspecified atom stereocenters. The van der Waals surface area contributed by atoms with Gasteiger partial charge in [-0.05, 0) is 75.6 Å². The van der Waals surface area contributed by atoms with Crippen molar-refractivity contribution in [2.75, 3.05) is 23.5 Å². The number of pyridine rings is 1. The van der Waals surface area contributed by atoms with Crippen LogP contribution in [0, 0.1) is 0 Å². The number of esters is 1. The van der Waals surface area contributed by atoms with Crippen molar-refractivity contribution in [3.05, 3.63) is 75.9 Å². The van der Waals surface area contributed by atoms with Gasteiger partial charge in [0.05, 0.1) is 28.4 Å². The van der Waals surface area contributed by atoms with Gasteiger partial charge in [-0.15, -0.1) is 11.8 Å². The number of benzene rings is 2. The van der Waals surface area contributed by atoms with Gasteiger partial charge in [0.25, 0.3) is 11.8 Å². The molecule has 212 valence electrons. The van der Waals surface area contributed by atoms with E-state index in [2.05, 4.69) is 15.6 Å². The van der Waals surface area contributed by atoms with Crippen molar-refractivity contribution in [3.63, 3.8) is 0 Å². The Bertz CT molecular complexity index is 1380. The average Bonchev–Trinajstić information content (AvgIpc) is 2.89. The van der Waals surface area contributed by atoms with Gasteiger partial charge in [-0.1, -0.05) is 23.2 Å². The predicted molar refractivity (Wildman–Crippen MR) is 159 cm³/mol. The summed E-state index contributed by atoms with van der Waals surface area (Å²) in [6, 6.07) is 11.9. The summed E-state index contributed by atoms with van der Waals surface area (Å²) in [6.07, 6.45) is 3.48. The largest absolute Gasteiger partial charge is 0.493 e. The third-order valence-electron chi connectivity index (χ3n) is 5.27. The van der Waals surface area contributed by atoms with Crippen LogP contribution in [0.25, 0.3) is 0 Å². The number of nitrogens with two attached hydrogens (primary N) is 1. The average molecular weight is 606 g/mol. The van der Waals surface area contributed by atoms with Crippen LogP contribution >= 0.6 is 35.0 Å². The lowest BCUT2D eigenvalue weighted by Gasteiger charge is -2.22. The molecule has 1 atom stereocenters. The maximum Gasteiger partial charge on any atom is 0.323 e. The highest BCUT2D eigenvalue weighted by Crippen LogP contribution is 2.28. The monoisotopic (exact) mass is 604 g/mol. The summed E-state index contributed by atoms with van der Waals surface area (Å²) in [5.41, 5.74) is 5.89. The summed E-state index contributed by atoms with van der Waals surface area (Å²) in [7, 11) is 0. The van der Waals surface area contributed by atoms with Crippen LogP contribution in [-0.2, 0) is 9.53 Å². The van der Waals surface area contributed by atoms with Gasteiger partial charge >= 0.3 is 5.97 Å². The summed E-state index contributed by atoms with van der Waals surface area (Å²) < 4.78 is 11.2. The third-order valence-corrected chi connectivity index (χ3v) is 6.46. The molecule has 2 aromatic carbocycles. The maximum absolute atomic E-state index is 13.4. The molecular weight excluding hydrogens is 575 g/mol. The van der Waals surface area contributed by atoms with Gasteiger partial charge in [0, 0.05) is 22.5 Å². The fraction of sp³-hybridized carbons (Fsp3) is 0.286. The molecule has 4 N–H and O–H groups in total. The minimum Gasteiger partial charge on any atom is -0.493 e. The number of hydrogen-bond donors (Lipinski definition) is 3. The van der Waals surface area contributed by atoms with Crippen LogP contribution in [0.2, 0.25) is 10.0 Å². The van der Waals surface area contributed by atoms with E-state index in [1.807, 2.05) is 6.26 Å². The van der Waals surface area contributed by atoms with Gasteiger partial charge in [-0.3, -0.25) is 14.4 Å². The standard InChI is InChI=1S/C28H30Cl2N4O5S/c1-28(2,3)39-27(37)21(31)11-12-38-23-14-18(40-4)7-8-19(23)25(35)33-22-9-5-16(29)13-20(22)26(36)34-24-10-6-17(30)15-32-24/h5-10,13-15,21H,11-12,31H2,1-4H3,(H,33,35)(H,32,34,36). The molecule has 0 spiro atoms. The quantitative estimate of drug-likeness (QED) is 0.188. The van der Waals surface area contributed by atoms with Gasteiger partial charge in [-0.2, -0.15) is 0 Å². The van der Waals surface area contributed by atoms with Crippen molar-refractivity contribution in [1.82, 2.24) is 4.98 Å². The SMILES string of the molecule is CSc1ccc(C(=O)Nc2ccc(Cl)cc2C(=O)Nc2ccc(Cl)cn2)c(OCCC(N)C(=O)OC(C)(C)C)c1. The molecule has 0 saturated carbocycles. The Kier molecular flexibility index (Phi) is 10.8. The number of carbonyl (C=O) groups excluding carboxylic acids is 3. The van der Waals surface area contributed by atoms with Crippen LogP contribution in [0.4, 0.5) is 11.5 Å². The summed E-state index contributed by atoms with van der Waals surface area (Å²) >= 11 is 13.5. The topological polar surface area (TPSA) is 133 Å². The lowest BCUT2D eigenvalue weighted by molar-refractivity contribution is -0.156. The lowest BCUT2D eigenvalue weighted by Crippen LogP contribution is -2.38. The first kappa shape index (κ1) is 31.2. The Morgan fingerprint density at radius 2 is 1.68 bits per heavy atom. The number of rotatable bonds is 10. The Morgan fingerprint density at radius 3 is 2.33 bits per heavy atom. The van der Waals surface area contributed by atoms with Gasteiger partial charge in [0.15, 0.2) is 0 Å².